The van der Waals surface area contributed by atoms with E-state index in [0.29, 0.717) is 0 Å². The van der Waals surface area contributed by atoms with Crippen LogP contribution in [0.25, 0.3) is 10.8 Å². The fourth-order valence-electron chi connectivity index (χ4n) is 1.99. The Hall–Kier alpha value is -2.02. The number of rotatable bonds is 5. The quantitative estimate of drug-likeness (QED) is 0.695. The van der Waals surface area contributed by atoms with E-state index in [9.17, 15) is 0 Å². The molecular weight excluding hydrogens is 206 g/mol. The summed E-state index contributed by atoms with van der Waals surface area (Å²) in [5.74, 6) is 0. The number of nitrogens with zero attached hydrogens (tertiary/aromatic N) is 1. The van der Waals surface area contributed by atoms with Crippen LogP contribution in [0, 0.1) is 6.07 Å². The van der Waals surface area contributed by atoms with Crippen LogP contribution in [0.1, 0.15) is 0 Å². The van der Waals surface area contributed by atoms with Gasteiger partial charge < -0.3 is 4.90 Å². The maximum Gasteiger partial charge on any atom is 0.0451 e. The maximum absolute atomic E-state index is 3.80. The summed E-state index contributed by atoms with van der Waals surface area (Å²) in [4.78, 5) is 2.25. The first-order valence-electron chi connectivity index (χ1n) is 5.73. The molecule has 0 amide bonds. The molecular formula is C16H16N. The van der Waals surface area contributed by atoms with E-state index in [0.717, 1.165) is 18.5 Å². The van der Waals surface area contributed by atoms with Crippen molar-refractivity contribution >= 4 is 16.5 Å². The van der Waals surface area contributed by atoms with E-state index in [1.807, 2.05) is 24.3 Å². The predicted molar refractivity (Wildman–Crippen MR) is 75.4 cm³/mol. The summed E-state index contributed by atoms with van der Waals surface area (Å²) in [6.45, 7) is 9.25. The lowest BCUT2D eigenvalue weighted by Gasteiger charge is -2.23. The second-order valence-electron chi connectivity index (χ2n) is 3.89. The maximum atomic E-state index is 3.80. The third-order valence-corrected chi connectivity index (χ3v) is 2.72. The fourth-order valence-corrected chi connectivity index (χ4v) is 1.99. The average Bonchev–Trinajstić information content (AvgIpc) is 2.38. The molecule has 0 heterocycles. The Labute approximate surface area is 103 Å². The number of benzene rings is 2. The van der Waals surface area contributed by atoms with Gasteiger partial charge >= 0.3 is 0 Å². The van der Waals surface area contributed by atoms with E-state index in [2.05, 4.69) is 48.4 Å². The Morgan fingerprint density at radius 3 is 2.53 bits per heavy atom. The molecule has 17 heavy (non-hydrogen) atoms. The Morgan fingerprint density at radius 1 is 1.06 bits per heavy atom. The van der Waals surface area contributed by atoms with Gasteiger partial charge in [-0.3, -0.25) is 0 Å². The first kappa shape index (κ1) is 11.5. The van der Waals surface area contributed by atoms with E-state index in [1.165, 1.54) is 11.1 Å². The van der Waals surface area contributed by atoms with Gasteiger partial charge in [-0.2, -0.15) is 0 Å². The number of hydrogen-bond acceptors (Lipinski definition) is 1. The predicted octanol–water partition coefficient (Wildman–Crippen LogP) is 3.82. The molecule has 2 rings (SSSR count). The topological polar surface area (TPSA) is 3.24 Å². The van der Waals surface area contributed by atoms with Crippen LogP contribution >= 0.6 is 0 Å². The highest BCUT2D eigenvalue weighted by atomic mass is 15.1. The zero-order chi connectivity index (χ0) is 12.1. The molecule has 2 aromatic rings. The van der Waals surface area contributed by atoms with Crippen LogP contribution in [0.15, 0.2) is 61.7 Å². The van der Waals surface area contributed by atoms with Gasteiger partial charge in [0.2, 0.25) is 0 Å². The lowest BCUT2D eigenvalue weighted by atomic mass is 10.1. The number of anilines is 1. The van der Waals surface area contributed by atoms with E-state index in [-0.39, 0.29) is 0 Å². The third-order valence-electron chi connectivity index (χ3n) is 2.72. The van der Waals surface area contributed by atoms with Crippen molar-refractivity contribution in [2.75, 3.05) is 18.0 Å². The molecule has 0 spiro atoms. The summed E-state index contributed by atoms with van der Waals surface area (Å²) >= 11 is 0. The van der Waals surface area contributed by atoms with Crippen molar-refractivity contribution in [3.05, 3.63) is 67.8 Å². The largest absolute Gasteiger partial charge is 0.364 e. The van der Waals surface area contributed by atoms with Crippen molar-refractivity contribution in [1.29, 1.82) is 0 Å². The molecule has 0 aliphatic carbocycles. The highest BCUT2D eigenvalue weighted by Gasteiger charge is 2.06. The van der Waals surface area contributed by atoms with Crippen molar-refractivity contribution in [2.24, 2.45) is 0 Å². The number of hydrogen-bond donors (Lipinski definition) is 0. The lowest BCUT2D eigenvalue weighted by molar-refractivity contribution is 0.963. The molecule has 1 nitrogen and oxygen atoms in total. The summed E-state index contributed by atoms with van der Waals surface area (Å²) in [6.07, 6.45) is 3.82. The first-order chi connectivity index (χ1) is 8.36. The number of fused-ring (bicyclic) bond motifs is 1. The minimum absolute atomic E-state index is 0.819. The van der Waals surface area contributed by atoms with Crippen LogP contribution in [0.5, 0.6) is 0 Å². The zero-order valence-electron chi connectivity index (χ0n) is 9.89. The molecule has 0 bridgehead atoms. The summed E-state index contributed by atoms with van der Waals surface area (Å²) in [5, 5.41) is 2.36. The molecule has 85 valence electrons. The van der Waals surface area contributed by atoms with Crippen molar-refractivity contribution < 1.29 is 0 Å². The van der Waals surface area contributed by atoms with Crippen molar-refractivity contribution in [3.8, 4) is 0 Å². The molecule has 0 saturated heterocycles. The van der Waals surface area contributed by atoms with Crippen LogP contribution in [0.4, 0.5) is 5.69 Å². The smallest absolute Gasteiger partial charge is 0.0451 e. The lowest BCUT2D eigenvalue weighted by Crippen LogP contribution is -2.23. The molecule has 2 aromatic carbocycles. The Bertz CT molecular complexity index is 513. The minimum Gasteiger partial charge on any atom is -0.364 e. The molecule has 0 unspecified atom stereocenters. The van der Waals surface area contributed by atoms with Gasteiger partial charge in [0, 0.05) is 24.2 Å². The molecule has 0 saturated carbocycles. The average molecular weight is 222 g/mol. The molecule has 0 aliphatic rings. The van der Waals surface area contributed by atoms with Gasteiger partial charge in [0.05, 0.1) is 0 Å². The molecule has 0 aromatic heterocycles. The van der Waals surface area contributed by atoms with Gasteiger partial charge in [0.15, 0.2) is 0 Å². The second kappa shape index (κ2) is 5.35. The first-order valence-corrected chi connectivity index (χ1v) is 5.73. The van der Waals surface area contributed by atoms with E-state index >= 15 is 0 Å². The molecule has 0 N–H and O–H groups in total. The van der Waals surface area contributed by atoms with Crippen molar-refractivity contribution in [3.63, 3.8) is 0 Å². The van der Waals surface area contributed by atoms with E-state index < -0.39 is 0 Å². The van der Waals surface area contributed by atoms with Gasteiger partial charge in [0.1, 0.15) is 0 Å². The van der Waals surface area contributed by atoms with Gasteiger partial charge in [-0.1, -0.05) is 42.5 Å². The monoisotopic (exact) mass is 222 g/mol. The molecule has 1 radical (unpaired) electrons. The van der Waals surface area contributed by atoms with Gasteiger partial charge in [-0.15, -0.1) is 13.2 Å². The normalized spacial score (nSPS) is 10.1. The highest BCUT2D eigenvalue weighted by molar-refractivity contribution is 5.94. The van der Waals surface area contributed by atoms with Crippen LogP contribution in [0.2, 0.25) is 0 Å². The minimum atomic E-state index is 0.819. The summed E-state index contributed by atoms with van der Waals surface area (Å²) in [6, 6.07) is 15.6. The van der Waals surface area contributed by atoms with Crippen LogP contribution < -0.4 is 4.90 Å². The highest BCUT2D eigenvalue weighted by Crippen LogP contribution is 2.26. The SMILES string of the molecule is C=CCN(CC=C)c1cccc2[c]cccc12. The van der Waals surface area contributed by atoms with Gasteiger partial charge in [0.25, 0.3) is 0 Å². The summed E-state index contributed by atoms with van der Waals surface area (Å²) < 4.78 is 0. The third kappa shape index (κ3) is 2.39. The van der Waals surface area contributed by atoms with Crippen LogP contribution in [-0.2, 0) is 0 Å². The van der Waals surface area contributed by atoms with Gasteiger partial charge in [-0.25, -0.2) is 0 Å². The summed E-state index contributed by atoms with van der Waals surface area (Å²) in [5.41, 5.74) is 1.21. The van der Waals surface area contributed by atoms with Crippen molar-refractivity contribution in [1.82, 2.24) is 0 Å². The summed E-state index contributed by atoms with van der Waals surface area (Å²) in [7, 11) is 0. The van der Waals surface area contributed by atoms with Crippen LogP contribution in [0.3, 0.4) is 0 Å². The Morgan fingerprint density at radius 2 is 1.82 bits per heavy atom. The molecule has 1 heteroatoms. The molecule has 0 atom stereocenters. The van der Waals surface area contributed by atoms with Gasteiger partial charge in [-0.05, 0) is 17.5 Å². The van der Waals surface area contributed by atoms with E-state index in [1.54, 1.807) is 0 Å². The zero-order valence-corrected chi connectivity index (χ0v) is 9.89. The Kier molecular flexibility index (Phi) is 3.61. The standard InChI is InChI=1S/C16H16N/c1-3-12-17(13-4-2)16-11-7-9-14-8-5-6-10-15(14)16/h3-7,9-11H,1-2,12-13H2. The molecule has 0 fully saturated rings. The van der Waals surface area contributed by atoms with Crippen molar-refractivity contribution in [2.45, 2.75) is 0 Å². The van der Waals surface area contributed by atoms with Crippen LogP contribution in [-0.4, -0.2) is 13.1 Å². The second-order valence-corrected chi connectivity index (χ2v) is 3.89. The van der Waals surface area contributed by atoms with E-state index in [4.69, 9.17) is 0 Å². The molecule has 0 aliphatic heterocycles. The fraction of sp³-hybridized carbons (Fsp3) is 0.125. The Balaban J connectivity index is 2.51.